The number of aromatic amines is 1. The predicted molar refractivity (Wildman–Crippen MR) is 88.8 cm³/mol. The zero-order valence-corrected chi connectivity index (χ0v) is 12.3. The fraction of sp³-hybridized carbons (Fsp3) is 0.118. The maximum absolute atomic E-state index is 9.23. The monoisotopic (exact) mass is 294 g/mol. The van der Waals surface area contributed by atoms with Gasteiger partial charge in [-0.05, 0) is 41.8 Å². The van der Waals surface area contributed by atoms with Gasteiger partial charge in [0.05, 0.1) is 12.3 Å². The molecule has 0 aliphatic rings. The average Bonchev–Trinajstić information content (AvgIpc) is 2.99. The lowest BCUT2D eigenvalue weighted by atomic mass is 10.1. The van der Waals surface area contributed by atoms with Crippen molar-refractivity contribution in [2.45, 2.75) is 13.5 Å². The van der Waals surface area contributed by atoms with Crippen molar-refractivity contribution >= 4 is 17.2 Å². The van der Waals surface area contributed by atoms with Gasteiger partial charge in [0, 0.05) is 17.4 Å². The van der Waals surface area contributed by atoms with Crippen LogP contribution >= 0.6 is 0 Å². The van der Waals surface area contributed by atoms with Crippen LogP contribution in [-0.2, 0) is 6.61 Å². The SMILES string of the molecule is Cc1ccc(CO)cc1Nc1cc(-c2ccc(N)cc2)[nH]n1. The number of aliphatic hydroxyl groups is 1. The Morgan fingerprint density at radius 3 is 2.64 bits per heavy atom. The molecule has 1 aromatic heterocycles. The van der Waals surface area contributed by atoms with E-state index in [9.17, 15) is 5.11 Å². The summed E-state index contributed by atoms with van der Waals surface area (Å²) in [5.74, 6) is 0.727. The number of anilines is 3. The molecule has 0 saturated heterocycles. The summed E-state index contributed by atoms with van der Waals surface area (Å²) < 4.78 is 0. The third-order valence-corrected chi connectivity index (χ3v) is 3.55. The predicted octanol–water partition coefficient (Wildman–Crippen LogP) is 3.20. The Morgan fingerprint density at radius 2 is 1.91 bits per heavy atom. The summed E-state index contributed by atoms with van der Waals surface area (Å²) in [7, 11) is 0. The van der Waals surface area contributed by atoms with Crippen molar-refractivity contribution < 1.29 is 5.11 Å². The van der Waals surface area contributed by atoms with Crippen molar-refractivity contribution in [3.8, 4) is 11.3 Å². The summed E-state index contributed by atoms with van der Waals surface area (Å²) in [5.41, 5.74) is 11.3. The summed E-state index contributed by atoms with van der Waals surface area (Å²) in [6, 6.07) is 15.4. The minimum atomic E-state index is 0.0201. The number of aliphatic hydroxyl groups excluding tert-OH is 1. The van der Waals surface area contributed by atoms with Crippen molar-refractivity contribution in [2.75, 3.05) is 11.1 Å². The van der Waals surface area contributed by atoms with E-state index in [1.165, 1.54) is 0 Å². The second-order valence-corrected chi connectivity index (χ2v) is 5.22. The molecule has 5 nitrogen and oxygen atoms in total. The molecule has 0 spiro atoms. The van der Waals surface area contributed by atoms with Crippen LogP contribution in [0.4, 0.5) is 17.2 Å². The van der Waals surface area contributed by atoms with Gasteiger partial charge in [0.15, 0.2) is 5.82 Å². The van der Waals surface area contributed by atoms with Crippen LogP contribution in [0.3, 0.4) is 0 Å². The highest BCUT2D eigenvalue weighted by molar-refractivity contribution is 5.68. The standard InChI is InChI=1S/C17H18N4O/c1-11-2-3-12(10-22)8-15(11)19-17-9-16(20-21-17)13-4-6-14(18)7-5-13/h2-9,22H,10,18H2,1H3,(H2,19,20,21). The molecule has 5 heteroatoms. The molecule has 0 bridgehead atoms. The van der Waals surface area contributed by atoms with Crippen LogP contribution in [0.25, 0.3) is 11.3 Å². The van der Waals surface area contributed by atoms with Gasteiger partial charge in [-0.15, -0.1) is 0 Å². The zero-order valence-electron chi connectivity index (χ0n) is 12.3. The number of nitrogens with one attached hydrogen (secondary N) is 2. The number of H-pyrrole nitrogens is 1. The molecule has 0 fully saturated rings. The van der Waals surface area contributed by atoms with E-state index in [0.717, 1.165) is 39.6 Å². The molecule has 3 aromatic rings. The molecular weight excluding hydrogens is 276 g/mol. The highest BCUT2D eigenvalue weighted by Crippen LogP contribution is 2.25. The minimum Gasteiger partial charge on any atom is -0.399 e. The maximum atomic E-state index is 9.23. The number of aryl methyl sites for hydroxylation is 1. The molecule has 22 heavy (non-hydrogen) atoms. The Morgan fingerprint density at radius 1 is 1.14 bits per heavy atom. The summed E-state index contributed by atoms with van der Waals surface area (Å²) in [6.07, 6.45) is 0. The van der Waals surface area contributed by atoms with Crippen LogP contribution in [0.1, 0.15) is 11.1 Å². The van der Waals surface area contributed by atoms with E-state index in [2.05, 4.69) is 15.5 Å². The highest BCUT2D eigenvalue weighted by Gasteiger charge is 2.06. The molecule has 0 saturated carbocycles. The van der Waals surface area contributed by atoms with Crippen LogP contribution in [0.2, 0.25) is 0 Å². The number of hydrogen-bond acceptors (Lipinski definition) is 4. The summed E-state index contributed by atoms with van der Waals surface area (Å²) in [5, 5.41) is 19.8. The van der Waals surface area contributed by atoms with Crippen LogP contribution in [-0.4, -0.2) is 15.3 Å². The Kier molecular flexibility index (Phi) is 3.80. The maximum Gasteiger partial charge on any atom is 0.152 e. The number of benzene rings is 2. The lowest BCUT2D eigenvalue weighted by Gasteiger charge is -2.08. The molecule has 2 aromatic carbocycles. The normalized spacial score (nSPS) is 10.6. The lowest BCUT2D eigenvalue weighted by molar-refractivity contribution is 0.282. The second-order valence-electron chi connectivity index (χ2n) is 5.22. The van der Waals surface area contributed by atoms with Crippen molar-refractivity contribution in [3.05, 3.63) is 59.7 Å². The van der Waals surface area contributed by atoms with Gasteiger partial charge < -0.3 is 16.2 Å². The van der Waals surface area contributed by atoms with Crippen LogP contribution in [0.15, 0.2) is 48.5 Å². The van der Waals surface area contributed by atoms with Crippen molar-refractivity contribution in [3.63, 3.8) is 0 Å². The molecule has 0 unspecified atom stereocenters. The van der Waals surface area contributed by atoms with E-state index >= 15 is 0 Å². The van der Waals surface area contributed by atoms with Crippen LogP contribution in [0, 0.1) is 6.92 Å². The van der Waals surface area contributed by atoms with E-state index in [-0.39, 0.29) is 6.61 Å². The number of nitrogens with two attached hydrogens (primary N) is 1. The topological polar surface area (TPSA) is 87.0 Å². The number of nitrogens with zero attached hydrogens (tertiary/aromatic N) is 1. The first kappa shape index (κ1) is 14.2. The molecule has 0 radical (unpaired) electrons. The number of hydrogen-bond donors (Lipinski definition) is 4. The van der Waals surface area contributed by atoms with Gasteiger partial charge in [-0.3, -0.25) is 5.10 Å². The number of aromatic nitrogens is 2. The molecule has 3 rings (SSSR count). The highest BCUT2D eigenvalue weighted by atomic mass is 16.3. The van der Waals surface area contributed by atoms with E-state index in [1.54, 1.807) is 0 Å². The summed E-state index contributed by atoms with van der Waals surface area (Å²) >= 11 is 0. The Bertz CT molecular complexity index is 778. The molecule has 112 valence electrons. The quantitative estimate of drug-likeness (QED) is 0.556. The van der Waals surface area contributed by atoms with E-state index < -0.39 is 0 Å². The molecule has 1 heterocycles. The largest absolute Gasteiger partial charge is 0.399 e. The van der Waals surface area contributed by atoms with E-state index in [1.807, 2.05) is 55.5 Å². The smallest absolute Gasteiger partial charge is 0.152 e. The first-order chi connectivity index (χ1) is 10.7. The van der Waals surface area contributed by atoms with Crippen molar-refractivity contribution in [1.29, 1.82) is 0 Å². The number of nitrogen functional groups attached to an aromatic ring is 1. The van der Waals surface area contributed by atoms with Gasteiger partial charge in [-0.1, -0.05) is 24.3 Å². The fourth-order valence-electron chi connectivity index (χ4n) is 2.24. The Labute approximate surface area is 128 Å². The zero-order chi connectivity index (χ0) is 15.5. The fourth-order valence-corrected chi connectivity index (χ4v) is 2.24. The Balaban J connectivity index is 1.84. The first-order valence-electron chi connectivity index (χ1n) is 7.04. The summed E-state index contributed by atoms with van der Waals surface area (Å²) in [4.78, 5) is 0. The Hall–Kier alpha value is -2.79. The first-order valence-corrected chi connectivity index (χ1v) is 7.04. The molecule has 0 atom stereocenters. The molecule has 0 aliphatic heterocycles. The van der Waals surface area contributed by atoms with Gasteiger partial charge in [0.2, 0.25) is 0 Å². The van der Waals surface area contributed by atoms with Gasteiger partial charge in [-0.2, -0.15) is 5.10 Å². The molecule has 0 aliphatic carbocycles. The third-order valence-electron chi connectivity index (χ3n) is 3.55. The molecular formula is C17H18N4O. The van der Waals surface area contributed by atoms with E-state index in [0.29, 0.717) is 0 Å². The van der Waals surface area contributed by atoms with Gasteiger partial charge in [0.1, 0.15) is 0 Å². The minimum absolute atomic E-state index is 0.0201. The second kappa shape index (κ2) is 5.91. The average molecular weight is 294 g/mol. The lowest BCUT2D eigenvalue weighted by Crippen LogP contribution is -1.95. The third kappa shape index (κ3) is 2.94. The van der Waals surface area contributed by atoms with Crippen molar-refractivity contribution in [2.24, 2.45) is 0 Å². The van der Waals surface area contributed by atoms with Gasteiger partial charge >= 0.3 is 0 Å². The van der Waals surface area contributed by atoms with Crippen molar-refractivity contribution in [1.82, 2.24) is 10.2 Å². The molecule has 0 amide bonds. The van der Waals surface area contributed by atoms with Gasteiger partial charge in [-0.25, -0.2) is 0 Å². The van der Waals surface area contributed by atoms with E-state index in [4.69, 9.17) is 5.73 Å². The van der Waals surface area contributed by atoms with Crippen LogP contribution in [0.5, 0.6) is 0 Å². The van der Waals surface area contributed by atoms with Crippen LogP contribution < -0.4 is 11.1 Å². The number of rotatable bonds is 4. The summed E-state index contributed by atoms with van der Waals surface area (Å²) in [6.45, 7) is 2.03. The van der Waals surface area contributed by atoms with Gasteiger partial charge in [0.25, 0.3) is 0 Å². The molecule has 5 N–H and O–H groups in total.